The third-order valence-electron chi connectivity index (χ3n) is 4.11. The summed E-state index contributed by atoms with van der Waals surface area (Å²) in [6, 6.07) is 9.94. The van der Waals surface area contributed by atoms with Gasteiger partial charge in [-0.15, -0.1) is 0 Å². The maximum absolute atomic E-state index is 12.3. The van der Waals surface area contributed by atoms with Crippen LogP contribution in [0, 0.1) is 0 Å². The zero-order valence-corrected chi connectivity index (χ0v) is 13.2. The first-order chi connectivity index (χ1) is 11.3. The fourth-order valence-corrected chi connectivity index (χ4v) is 2.89. The molecular formula is C17H22N4O2. The summed E-state index contributed by atoms with van der Waals surface area (Å²) in [5.41, 5.74) is 0. The molecule has 1 aromatic carbocycles. The summed E-state index contributed by atoms with van der Waals surface area (Å²) in [5.74, 6) is 1.05. The zero-order valence-electron chi connectivity index (χ0n) is 13.2. The highest BCUT2D eigenvalue weighted by atomic mass is 16.5. The number of ether oxygens (including phenoxy) is 1. The lowest BCUT2D eigenvalue weighted by Gasteiger charge is -2.32. The highest BCUT2D eigenvalue weighted by Gasteiger charge is 2.24. The van der Waals surface area contributed by atoms with Gasteiger partial charge in [0.25, 0.3) is 0 Å². The maximum atomic E-state index is 12.3. The van der Waals surface area contributed by atoms with Crippen LogP contribution in [0.4, 0.5) is 0 Å². The maximum Gasteiger partial charge on any atom is 0.222 e. The van der Waals surface area contributed by atoms with Gasteiger partial charge in [0.1, 0.15) is 18.4 Å². The number of nitrogens with zero attached hydrogens (tertiary/aromatic N) is 4. The Morgan fingerprint density at radius 2 is 2.17 bits per heavy atom. The van der Waals surface area contributed by atoms with E-state index < -0.39 is 0 Å². The van der Waals surface area contributed by atoms with Gasteiger partial charge < -0.3 is 9.64 Å². The zero-order chi connectivity index (χ0) is 15.9. The van der Waals surface area contributed by atoms with Gasteiger partial charge >= 0.3 is 0 Å². The molecule has 6 nitrogen and oxygen atoms in total. The van der Waals surface area contributed by atoms with Crippen LogP contribution in [0.3, 0.4) is 0 Å². The van der Waals surface area contributed by atoms with Crippen molar-refractivity contribution >= 4 is 5.91 Å². The molecular weight excluding hydrogens is 292 g/mol. The first-order valence-electron chi connectivity index (χ1n) is 8.12. The molecule has 0 aliphatic carbocycles. The molecule has 0 unspecified atom stereocenters. The van der Waals surface area contributed by atoms with Crippen LogP contribution in [0.15, 0.2) is 43.0 Å². The standard InChI is InChI=1S/C17H22N4O2/c22-17(9-5-11-23-16-7-2-1-3-8-16)20-10-4-6-15(12-20)21-14-18-13-19-21/h1-3,7-8,13-15H,4-6,9-12H2/t15-/m0/s1. The lowest BCUT2D eigenvalue weighted by atomic mass is 10.1. The molecule has 1 aliphatic rings. The van der Waals surface area contributed by atoms with E-state index in [-0.39, 0.29) is 11.9 Å². The third kappa shape index (κ3) is 4.31. The van der Waals surface area contributed by atoms with Gasteiger partial charge in [-0.25, -0.2) is 9.67 Å². The molecule has 1 fully saturated rings. The molecule has 0 spiro atoms. The molecule has 6 heteroatoms. The molecule has 0 bridgehead atoms. The smallest absolute Gasteiger partial charge is 0.222 e. The minimum Gasteiger partial charge on any atom is -0.494 e. The van der Waals surface area contributed by atoms with E-state index in [9.17, 15) is 4.79 Å². The Labute approximate surface area is 136 Å². The SMILES string of the molecule is O=C(CCCOc1ccccc1)N1CCC[C@H](n2cncn2)C1. The van der Waals surface area contributed by atoms with Crippen molar-refractivity contribution in [3.63, 3.8) is 0 Å². The van der Waals surface area contributed by atoms with Crippen molar-refractivity contribution in [2.45, 2.75) is 31.7 Å². The van der Waals surface area contributed by atoms with Crippen LogP contribution in [0.25, 0.3) is 0 Å². The Bertz CT molecular complexity index is 600. The Morgan fingerprint density at radius 3 is 2.96 bits per heavy atom. The Morgan fingerprint density at radius 1 is 1.30 bits per heavy atom. The second-order valence-corrected chi connectivity index (χ2v) is 5.78. The molecule has 0 radical (unpaired) electrons. The van der Waals surface area contributed by atoms with Crippen molar-refractivity contribution in [3.8, 4) is 5.75 Å². The minimum absolute atomic E-state index is 0.200. The van der Waals surface area contributed by atoms with Gasteiger partial charge in [-0.1, -0.05) is 18.2 Å². The molecule has 1 saturated heterocycles. The van der Waals surface area contributed by atoms with Crippen LogP contribution in [0.5, 0.6) is 5.75 Å². The number of benzene rings is 1. The molecule has 0 saturated carbocycles. The van der Waals surface area contributed by atoms with Crippen molar-refractivity contribution in [2.24, 2.45) is 0 Å². The minimum atomic E-state index is 0.200. The highest BCUT2D eigenvalue weighted by molar-refractivity contribution is 5.76. The highest BCUT2D eigenvalue weighted by Crippen LogP contribution is 2.21. The van der Waals surface area contributed by atoms with Gasteiger partial charge in [-0.3, -0.25) is 4.79 Å². The molecule has 2 heterocycles. The van der Waals surface area contributed by atoms with E-state index in [1.54, 1.807) is 12.7 Å². The quantitative estimate of drug-likeness (QED) is 0.768. The van der Waals surface area contributed by atoms with Gasteiger partial charge in [0.15, 0.2) is 0 Å². The first-order valence-corrected chi connectivity index (χ1v) is 8.12. The Balaban J connectivity index is 1.41. The number of piperidine rings is 1. The van der Waals surface area contributed by atoms with E-state index in [0.29, 0.717) is 13.0 Å². The van der Waals surface area contributed by atoms with E-state index in [1.807, 2.05) is 39.9 Å². The van der Waals surface area contributed by atoms with E-state index in [1.165, 1.54) is 0 Å². The van der Waals surface area contributed by atoms with Crippen molar-refractivity contribution in [2.75, 3.05) is 19.7 Å². The van der Waals surface area contributed by atoms with Crippen molar-refractivity contribution < 1.29 is 9.53 Å². The number of rotatable bonds is 6. The van der Waals surface area contributed by atoms with E-state index in [4.69, 9.17) is 4.74 Å². The van der Waals surface area contributed by atoms with E-state index in [2.05, 4.69) is 10.1 Å². The summed E-state index contributed by atoms with van der Waals surface area (Å²) in [4.78, 5) is 18.3. The number of likely N-dealkylation sites (tertiary alicyclic amines) is 1. The summed E-state index contributed by atoms with van der Waals surface area (Å²) < 4.78 is 7.49. The second-order valence-electron chi connectivity index (χ2n) is 5.78. The monoisotopic (exact) mass is 314 g/mol. The van der Waals surface area contributed by atoms with Crippen molar-refractivity contribution in [3.05, 3.63) is 43.0 Å². The summed E-state index contributed by atoms with van der Waals surface area (Å²) >= 11 is 0. The first kappa shape index (κ1) is 15.5. The van der Waals surface area contributed by atoms with Crippen LogP contribution in [-0.4, -0.2) is 45.3 Å². The van der Waals surface area contributed by atoms with E-state index in [0.717, 1.165) is 38.1 Å². The number of hydrogen-bond acceptors (Lipinski definition) is 4. The molecule has 1 amide bonds. The van der Waals surface area contributed by atoms with Crippen LogP contribution in [0.1, 0.15) is 31.7 Å². The second kappa shape index (κ2) is 7.76. The molecule has 0 N–H and O–H groups in total. The predicted octanol–water partition coefficient (Wildman–Crippen LogP) is 2.30. The molecule has 1 atom stereocenters. The lowest BCUT2D eigenvalue weighted by Crippen LogP contribution is -2.40. The fraction of sp³-hybridized carbons (Fsp3) is 0.471. The summed E-state index contributed by atoms with van der Waals surface area (Å²) in [6.45, 7) is 2.13. The fourth-order valence-electron chi connectivity index (χ4n) is 2.89. The van der Waals surface area contributed by atoms with Gasteiger partial charge in [0.05, 0.1) is 12.6 Å². The number of hydrogen-bond donors (Lipinski definition) is 0. The molecule has 1 aliphatic heterocycles. The normalized spacial score (nSPS) is 17.9. The molecule has 23 heavy (non-hydrogen) atoms. The van der Waals surface area contributed by atoms with Crippen LogP contribution in [-0.2, 0) is 4.79 Å². The number of amides is 1. The molecule has 122 valence electrons. The molecule has 3 rings (SSSR count). The number of para-hydroxylation sites is 1. The lowest BCUT2D eigenvalue weighted by molar-refractivity contribution is -0.133. The largest absolute Gasteiger partial charge is 0.494 e. The van der Waals surface area contributed by atoms with Gasteiger partial charge in [0.2, 0.25) is 5.91 Å². The number of carbonyl (C=O) groups excluding carboxylic acids is 1. The van der Waals surface area contributed by atoms with Gasteiger partial charge in [-0.2, -0.15) is 5.10 Å². The Kier molecular flexibility index (Phi) is 5.24. The number of carbonyl (C=O) groups is 1. The average Bonchev–Trinajstić information content (AvgIpc) is 3.14. The molecule has 1 aromatic heterocycles. The third-order valence-corrected chi connectivity index (χ3v) is 4.11. The average molecular weight is 314 g/mol. The Hall–Kier alpha value is -2.37. The predicted molar refractivity (Wildman–Crippen MR) is 86.0 cm³/mol. The summed E-state index contributed by atoms with van der Waals surface area (Å²) in [5, 5.41) is 4.19. The summed E-state index contributed by atoms with van der Waals surface area (Å²) in [6.07, 6.45) is 6.59. The van der Waals surface area contributed by atoms with Crippen molar-refractivity contribution in [1.82, 2.24) is 19.7 Å². The van der Waals surface area contributed by atoms with Gasteiger partial charge in [0, 0.05) is 19.5 Å². The van der Waals surface area contributed by atoms with Crippen LogP contribution < -0.4 is 4.74 Å². The number of aromatic nitrogens is 3. The topological polar surface area (TPSA) is 60.2 Å². The van der Waals surface area contributed by atoms with Crippen LogP contribution in [0.2, 0.25) is 0 Å². The van der Waals surface area contributed by atoms with Crippen molar-refractivity contribution in [1.29, 1.82) is 0 Å². The van der Waals surface area contributed by atoms with Gasteiger partial charge in [-0.05, 0) is 31.4 Å². The van der Waals surface area contributed by atoms with E-state index >= 15 is 0 Å². The summed E-state index contributed by atoms with van der Waals surface area (Å²) in [7, 11) is 0. The molecule has 2 aromatic rings. The van der Waals surface area contributed by atoms with Crippen LogP contribution >= 0.6 is 0 Å².